The van der Waals surface area contributed by atoms with Crippen LogP contribution in [0.1, 0.15) is 35.1 Å². The van der Waals surface area contributed by atoms with Crippen LogP contribution >= 0.6 is 0 Å². The summed E-state index contributed by atoms with van der Waals surface area (Å²) in [6, 6.07) is 25.4. The summed E-state index contributed by atoms with van der Waals surface area (Å²) < 4.78 is 49.6. The molecule has 0 fully saturated rings. The second kappa shape index (κ2) is 14.2. The van der Waals surface area contributed by atoms with Gasteiger partial charge in [0.1, 0.15) is 29.6 Å². The highest BCUT2D eigenvalue weighted by atomic mass is 32.2. The smallest absolute Gasteiger partial charge is 0.178 e. The monoisotopic (exact) mass is 627 g/mol. The van der Waals surface area contributed by atoms with Crippen LogP contribution in [0.5, 0.6) is 23.0 Å². The van der Waals surface area contributed by atoms with Crippen LogP contribution in [0.25, 0.3) is 11.1 Å². The first-order valence-corrected chi connectivity index (χ1v) is 16.7. The van der Waals surface area contributed by atoms with Gasteiger partial charge in [0.25, 0.3) is 0 Å². The molecule has 0 aromatic heterocycles. The van der Waals surface area contributed by atoms with Gasteiger partial charge in [0, 0.05) is 25.1 Å². The van der Waals surface area contributed by atoms with E-state index >= 15 is 0 Å². The molecule has 0 spiro atoms. The molecule has 0 radical (unpaired) electrons. The van der Waals surface area contributed by atoms with Crippen LogP contribution in [0.2, 0.25) is 0 Å². The summed E-state index contributed by atoms with van der Waals surface area (Å²) in [6.45, 7) is 7.48. The number of nitrogens with zero attached hydrogens (tertiary/aromatic N) is 1. The summed E-state index contributed by atoms with van der Waals surface area (Å²) in [6.07, 6.45) is 1.91. The molecule has 0 saturated heterocycles. The van der Waals surface area contributed by atoms with Crippen molar-refractivity contribution >= 4 is 9.84 Å². The van der Waals surface area contributed by atoms with E-state index in [2.05, 4.69) is 48.7 Å². The molecule has 0 saturated carbocycles. The van der Waals surface area contributed by atoms with Crippen molar-refractivity contribution in [2.45, 2.75) is 44.2 Å². The predicted octanol–water partition coefficient (Wildman–Crippen LogP) is 7.39. The maximum absolute atomic E-state index is 13.1. The normalized spacial score (nSPS) is 12.9. The van der Waals surface area contributed by atoms with Crippen molar-refractivity contribution < 1.29 is 27.4 Å². The molecule has 8 heteroatoms. The number of hydrogen-bond acceptors (Lipinski definition) is 7. The summed E-state index contributed by atoms with van der Waals surface area (Å²) >= 11 is 0. The fourth-order valence-electron chi connectivity index (χ4n) is 5.65. The third kappa shape index (κ3) is 7.70. The molecule has 0 unspecified atom stereocenters. The van der Waals surface area contributed by atoms with Gasteiger partial charge in [-0.3, -0.25) is 0 Å². The summed E-state index contributed by atoms with van der Waals surface area (Å²) in [5.41, 5.74) is 6.41. The van der Waals surface area contributed by atoms with Crippen LogP contribution in [0, 0.1) is 6.92 Å². The second-order valence-corrected chi connectivity index (χ2v) is 13.5. The number of aryl methyl sites for hydroxylation is 1. The minimum Gasteiger partial charge on any atom is -0.496 e. The van der Waals surface area contributed by atoms with Crippen LogP contribution < -0.4 is 18.9 Å². The van der Waals surface area contributed by atoms with Crippen molar-refractivity contribution in [3.8, 4) is 34.1 Å². The quantitative estimate of drug-likeness (QED) is 0.153. The highest BCUT2D eigenvalue weighted by molar-refractivity contribution is 7.91. The van der Waals surface area contributed by atoms with E-state index in [-0.39, 0.29) is 5.75 Å². The van der Waals surface area contributed by atoms with Gasteiger partial charge in [-0.15, -0.1) is 0 Å². The van der Waals surface area contributed by atoms with Gasteiger partial charge in [-0.2, -0.15) is 0 Å². The number of sulfone groups is 1. The van der Waals surface area contributed by atoms with Crippen LogP contribution in [0.4, 0.5) is 0 Å². The molecule has 45 heavy (non-hydrogen) atoms. The molecule has 4 aromatic carbocycles. The van der Waals surface area contributed by atoms with Crippen molar-refractivity contribution in [2.24, 2.45) is 0 Å². The third-order valence-electron chi connectivity index (χ3n) is 8.21. The Morgan fingerprint density at radius 3 is 2.36 bits per heavy atom. The molecular formula is C37H41NO6S. The number of benzene rings is 4. The third-order valence-corrected chi connectivity index (χ3v) is 10.0. The van der Waals surface area contributed by atoms with E-state index in [4.69, 9.17) is 18.9 Å². The van der Waals surface area contributed by atoms with Crippen LogP contribution in [-0.2, 0) is 29.4 Å². The van der Waals surface area contributed by atoms with E-state index < -0.39 is 9.84 Å². The maximum Gasteiger partial charge on any atom is 0.178 e. The summed E-state index contributed by atoms with van der Waals surface area (Å²) in [4.78, 5) is 2.40. The lowest BCUT2D eigenvalue weighted by molar-refractivity contribution is 0.290. The molecule has 236 valence electrons. The maximum atomic E-state index is 13.1. The number of methoxy groups -OCH3 is 2. The van der Waals surface area contributed by atoms with Gasteiger partial charge in [-0.05, 0) is 79.4 Å². The van der Waals surface area contributed by atoms with Crippen molar-refractivity contribution in [1.29, 1.82) is 0 Å². The lowest BCUT2D eigenvalue weighted by atomic mass is 9.97. The SMILES string of the molecule is C=C1CCc2cc(S(=O)(=O)CCCN(C)Cc3c(OC)cc(OCc4cccc(-c5ccccc5)c4C)cc3OC)ccc2O1. The standard InChI is InChI=1S/C37H41NO6S/c1-26-15-16-29-21-32(17-18-35(29)44-26)45(39,40)20-10-19-38(3)24-34-36(41-4)22-31(23-37(34)42-5)43-25-30-13-9-14-33(27(30)2)28-11-7-6-8-12-28/h6-9,11-14,17-18,21-23H,1,10,15-16,19-20,24-25H2,2-5H3. The molecule has 1 aliphatic rings. The summed E-state index contributed by atoms with van der Waals surface area (Å²) in [7, 11) is 1.78. The zero-order valence-electron chi connectivity index (χ0n) is 26.5. The lowest BCUT2D eigenvalue weighted by Crippen LogP contribution is -2.22. The first-order valence-electron chi connectivity index (χ1n) is 15.1. The van der Waals surface area contributed by atoms with Gasteiger partial charge in [-0.1, -0.05) is 55.1 Å². The molecule has 1 aliphatic heterocycles. The van der Waals surface area contributed by atoms with Crippen LogP contribution in [0.15, 0.2) is 96.1 Å². The van der Waals surface area contributed by atoms with Gasteiger partial charge in [0.2, 0.25) is 0 Å². The molecule has 5 rings (SSSR count). The topological polar surface area (TPSA) is 74.3 Å². The Labute approximate surface area is 266 Å². The van der Waals surface area contributed by atoms with E-state index in [1.54, 1.807) is 32.4 Å². The Morgan fingerprint density at radius 2 is 1.64 bits per heavy atom. The zero-order chi connectivity index (χ0) is 32.0. The average molecular weight is 628 g/mol. The van der Waals surface area contributed by atoms with Gasteiger partial charge in [-0.25, -0.2) is 8.42 Å². The molecule has 4 aromatic rings. The van der Waals surface area contributed by atoms with E-state index in [0.29, 0.717) is 66.2 Å². The Bertz CT molecular complexity index is 1740. The minimum absolute atomic E-state index is 0.0512. The molecule has 0 amide bonds. The molecular weight excluding hydrogens is 586 g/mol. The average Bonchev–Trinajstić information content (AvgIpc) is 3.04. The first-order chi connectivity index (χ1) is 21.7. The van der Waals surface area contributed by atoms with E-state index in [1.807, 2.05) is 37.4 Å². The fraction of sp³-hybridized carbons (Fsp3) is 0.297. The molecule has 1 heterocycles. The number of ether oxygens (including phenoxy) is 4. The number of fused-ring (bicyclic) bond motifs is 1. The fourth-order valence-corrected chi connectivity index (χ4v) is 6.99. The summed E-state index contributed by atoms with van der Waals surface area (Å²) in [5, 5.41) is 0. The highest BCUT2D eigenvalue weighted by Gasteiger charge is 2.21. The summed E-state index contributed by atoms with van der Waals surface area (Å²) in [5.74, 6) is 3.39. The number of hydrogen-bond donors (Lipinski definition) is 0. The van der Waals surface area contributed by atoms with Gasteiger partial charge >= 0.3 is 0 Å². The number of rotatable bonds is 13. The Kier molecular flexibility index (Phi) is 10.2. The van der Waals surface area contributed by atoms with Crippen molar-refractivity contribution in [1.82, 2.24) is 4.90 Å². The molecule has 0 bridgehead atoms. The molecule has 0 atom stereocenters. The predicted molar refractivity (Wildman–Crippen MR) is 178 cm³/mol. The number of allylic oxidation sites excluding steroid dienone is 1. The second-order valence-electron chi connectivity index (χ2n) is 11.4. The first kappa shape index (κ1) is 32.1. The lowest BCUT2D eigenvalue weighted by Gasteiger charge is -2.22. The van der Waals surface area contributed by atoms with Gasteiger partial charge < -0.3 is 23.8 Å². The van der Waals surface area contributed by atoms with E-state index in [0.717, 1.165) is 23.1 Å². The molecule has 7 nitrogen and oxygen atoms in total. The minimum atomic E-state index is -3.43. The van der Waals surface area contributed by atoms with Crippen LogP contribution in [0.3, 0.4) is 0 Å². The molecule has 0 aliphatic carbocycles. The Hall–Kier alpha value is -4.27. The van der Waals surface area contributed by atoms with Crippen molar-refractivity contribution in [3.05, 3.63) is 113 Å². The van der Waals surface area contributed by atoms with Crippen LogP contribution in [-0.4, -0.2) is 46.9 Å². The van der Waals surface area contributed by atoms with Gasteiger partial charge in [0.15, 0.2) is 9.84 Å². The zero-order valence-corrected chi connectivity index (χ0v) is 27.3. The molecule has 0 N–H and O–H groups in total. The van der Waals surface area contributed by atoms with E-state index in [1.165, 1.54) is 16.7 Å². The highest BCUT2D eigenvalue weighted by Crippen LogP contribution is 2.36. The van der Waals surface area contributed by atoms with Crippen molar-refractivity contribution in [2.75, 3.05) is 33.6 Å². The van der Waals surface area contributed by atoms with Crippen molar-refractivity contribution in [3.63, 3.8) is 0 Å². The Morgan fingerprint density at radius 1 is 0.911 bits per heavy atom. The van der Waals surface area contributed by atoms with E-state index in [9.17, 15) is 8.42 Å². The largest absolute Gasteiger partial charge is 0.496 e. The Balaban J connectivity index is 1.21. The van der Waals surface area contributed by atoms with Gasteiger partial charge in [0.05, 0.1) is 36.2 Å².